The number of nitrogens with zero attached hydrogens (tertiary/aromatic N) is 2. The maximum Gasteiger partial charge on any atom is 0.312 e. The van der Waals surface area contributed by atoms with Crippen molar-refractivity contribution in [1.29, 1.82) is 0 Å². The summed E-state index contributed by atoms with van der Waals surface area (Å²) < 4.78 is 0.501. The number of rotatable bonds is 3. The SMILES string of the molecule is O=[N+]([O-])c1cc(Br)cc(/C=N/c2cccc3ccccc23)c1O. The van der Waals surface area contributed by atoms with Gasteiger partial charge in [-0.15, -0.1) is 0 Å². The number of hydrogen-bond donors (Lipinski definition) is 1. The van der Waals surface area contributed by atoms with Crippen LogP contribution in [0.15, 0.2) is 64.1 Å². The average Bonchev–Trinajstić information content (AvgIpc) is 2.55. The molecule has 0 aliphatic rings. The molecule has 1 N–H and O–H groups in total. The van der Waals surface area contributed by atoms with Gasteiger partial charge in [0.25, 0.3) is 0 Å². The topological polar surface area (TPSA) is 75.7 Å². The summed E-state index contributed by atoms with van der Waals surface area (Å²) in [7, 11) is 0. The summed E-state index contributed by atoms with van der Waals surface area (Å²) in [5, 5.41) is 23.0. The van der Waals surface area contributed by atoms with E-state index in [4.69, 9.17) is 0 Å². The number of halogens is 1. The lowest BCUT2D eigenvalue weighted by atomic mass is 10.1. The minimum Gasteiger partial charge on any atom is -0.502 e. The Morgan fingerprint density at radius 2 is 1.87 bits per heavy atom. The molecule has 6 heteroatoms. The summed E-state index contributed by atoms with van der Waals surface area (Å²) in [5.74, 6) is -0.401. The minimum atomic E-state index is -0.630. The second-order valence-corrected chi connectivity index (χ2v) is 5.79. The van der Waals surface area contributed by atoms with Gasteiger partial charge in [-0.05, 0) is 17.5 Å². The highest BCUT2D eigenvalue weighted by Crippen LogP contribution is 2.33. The molecule has 3 rings (SSSR count). The highest BCUT2D eigenvalue weighted by molar-refractivity contribution is 9.10. The van der Waals surface area contributed by atoms with Gasteiger partial charge in [-0.1, -0.05) is 52.3 Å². The van der Waals surface area contributed by atoms with Gasteiger partial charge in [-0.3, -0.25) is 15.1 Å². The van der Waals surface area contributed by atoms with Crippen molar-refractivity contribution in [1.82, 2.24) is 0 Å². The summed E-state index contributed by atoms with van der Waals surface area (Å²) in [4.78, 5) is 14.7. The number of nitro benzene ring substituents is 1. The first kappa shape index (κ1) is 15.2. The van der Waals surface area contributed by atoms with Gasteiger partial charge in [-0.2, -0.15) is 0 Å². The predicted molar refractivity (Wildman–Crippen MR) is 93.7 cm³/mol. The number of aromatic hydroxyl groups is 1. The first-order valence-corrected chi connectivity index (χ1v) is 7.54. The van der Waals surface area contributed by atoms with Crippen LogP contribution in [-0.4, -0.2) is 16.2 Å². The molecule has 0 unspecified atom stereocenters. The van der Waals surface area contributed by atoms with Gasteiger partial charge in [0.15, 0.2) is 0 Å². The van der Waals surface area contributed by atoms with Gasteiger partial charge in [0, 0.05) is 27.7 Å². The van der Waals surface area contributed by atoms with E-state index in [0.717, 1.165) is 16.5 Å². The number of benzene rings is 3. The third kappa shape index (κ3) is 3.07. The zero-order valence-electron chi connectivity index (χ0n) is 11.8. The third-order valence-corrected chi connectivity index (χ3v) is 3.85. The first-order valence-electron chi connectivity index (χ1n) is 6.75. The summed E-state index contributed by atoms with van der Waals surface area (Å²) in [6.07, 6.45) is 1.43. The van der Waals surface area contributed by atoms with E-state index < -0.39 is 10.7 Å². The van der Waals surface area contributed by atoms with Crippen LogP contribution in [0.5, 0.6) is 5.75 Å². The van der Waals surface area contributed by atoms with Gasteiger partial charge in [0.05, 0.1) is 10.6 Å². The van der Waals surface area contributed by atoms with Gasteiger partial charge >= 0.3 is 5.69 Å². The number of nitro groups is 1. The van der Waals surface area contributed by atoms with Crippen molar-refractivity contribution in [3.05, 3.63) is 74.7 Å². The van der Waals surface area contributed by atoms with Crippen molar-refractivity contribution in [2.24, 2.45) is 4.99 Å². The second kappa shape index (κ2) is 6.18. The largest absolute Gasteiger partial charge is 0.502 e. The van der Waals surface area contributed by atoms with Crippen molar-refractivity contribution in [3.8, 4) is 5.75 Å². The molecule has 0 saturated carbocycles. The Balaban J connectivity index is 2.08. The zero-order valence-corrected chi connectivity index (χ0v) is 13.4. The Labute approximate surface area is 140 Å². The molecule has 0 aliphatic heterocycles. The molecule has 3 aromatic rings. The van der Waals surface area contributed by atoms with Crippen LogP contribution in [0.1, 0.15) is 5.56 Å². The maximum atomic E-state index is 11.0. The lowest BCUT2D eigenvalue weighted by Crippen LogP contribution is -1.92. The fourth-order valence-electron chi connectivity index (χ4n) is 2.30. The summed E-state index contributed by atoms with van der Waals surface area (Å²) in [6, 6.07) is 16.3. The smallest absolute Gasteiger partial charge is 0.312 e. The van der Waals surface area contributed by atoms with Crippen molar-refractivity contribution in [2.45, 2.75) is 0 Å². The highest BCUT2D eigenvalue weighted by Gasteiger charge is 2.17. The van der Waals surface area contributed by atoms with Crippen LogP contribution in [0.25, 0.3) is 10.8 Å². The van der Waals surface area contributed by atoms with Crippen LogP contribution in [0.3, 0.4) is 0 Å². The summed E-state index contributed by atoms with van der Waals surface area (Å²) in [5.41, 5.74) is 0.642. The quantitative estimate of drug-likeness (QED) is 0.401. The Bertz CT molecular complexity index is 933. The first-order chi connectivity index (χ1) is 11.1. The van der Waals surface area contributed by atoms with Gasteiger partial charge in [0.1, 0.15) is 0 Å². The molecule has 3 aromatic carbocycles. The van der Waals surface area contributed by atoms with Gasteiger partial charge < -0.3 is 5.11 Å². The Morgan fingerprint density at radius 1 is 1.13 bits per heavy atom. The van der Waals surface area contributed by atoms with Crippen LogP contribution in [-0.2, 0) is 0 Å². The lowest BCUT2D eigenvalue weighted by molar-refractivity contribution is -0.385. The molecule has 0 bridgehead atoms. The predicted octanol–water partition coefficient (Wildman–Crippen LogP) is 4.97. The summed E-state index contributed by atoms with van der Waals surface area (Å²) >= 11 is 3.20. The second-order valence-electron chi connectivity index (χ2n) is 4.88. The van der Waals surface area contributed by atoms with Crippen LogP contribution >= 0.6 is 15.9 Å². The molecule has 0 spiro atoms. The number of hydrogen-bond acceptors (Lipinski definition) is 4. The van der Waals surface area contributed by atoms with Crippen LogP contribution in [0.2, 0.25) is 0 Å². The monoisotopic (exact) mass is 370 g/mol. The molecular formula is C17H11BrN2O3. The lowest BCUT2D eigenvalue weighted by Gasteiger charge is -2.03. The fourth-order valence-corrected chi connectivity index (χ4v) is 2.77. The Hall–Kier alpha value is -2.73. The van der Waals surface area contributed by atoms with E-state index in [1.807, 2.05) is 42.5 Å². The highest BCUT2D eigenvalue weighted by atomic mass is 79.9. The normalized spacial score (nSPS) is 11.2. The summed E-state index contributed by atoms with van der Waals surface area (Å²) in [6.45, 7) is 0. The van der Waals surface area contributed by atoms with E-state index in [0.29, 0.717) is 4.47 Å². The van der Waals surface area contributed by atoms with Gasteiger partial charge in [0.2, 0.25) is 5.75 Å². The number of fused-ring (bicyclic) bond motifs is 1. The van der Waals surface area contributed by atoms with E-state index in [1.54, 1.807) is 6.07 Å². The third-order valence-electron chi connectivity index (χ3n) is 3.39. The van der Waals surface area contributed by atoms with E-state index in [-0.39, 0.29) is 11.3 Å². The van der Waals surface area contributed by atoms with E-state index in [1.165, 1.54) is 12.3 Å². The van der Waals surface area contributed by atoms with E-state index in [9.17, 15) is 15.2 Å². The molecule has 0 amide bonds. The van der Waals surface area contributed by atoms with E-state index in [2.05, 4.69) is 20.9 Å². The van der Waals surface area contributed by atoms with Crippen LogP contribution < -0.4 is 0 Å². The van der Waals surface area contributed by atoms with Crippen molar-refractivity contribution < 1.29 is 10.0 Å². The minimum absolute atomic E-state index is 0.277. The fraction of sp³-hybridized carbons (Fsp3) is 0. The van der Waals surface area contributed by atoms with Crippen LogP contribution in [0.4, 0.5) is 11.4 Å². The molecule has 0 saturated heterocycles. The van der Waals surface area contributed by atoms with Crippen LogP contribution in [0, 0.1) is 10.1 Å². The molecule has 0 aliphatic carbocycles. The molecular weight excluding hydrogens is 360 g/mol. The molecule has 5 nitrogen and oxygen atoms in total. The Morgan fingerprint density at radius 3 is 2.65 bits per heavy atom. The molecule has 0 heterocycles. The molecule has 0 fully saturated rings. The standard InChI is InChI=1S/C17H11BrN2O3/c18-13-8-12(17(21)16(9-13)20(22)23)10-19-15-7-3-5-11-4-1-2-6-14(11)15/h1-10,21H/b19-10+. The van der Waals surface area contributed by atoms with Crippen molar-refractivity contribution in [2.75, 3.05) is 0 Å². The Kier molecular flexibility index (Phi) is 4.08. The van der Waals surface area contributed by atoms with Crippen molar-refractivity contribution >= 4 is 44.3 Å². The molecule has 23 heavy (non-hydrogen) atoms. The molecule has 114 valence electrons. The number of phenolic OH excluding ortho intramolecular Hbond substituents is 1. The van der Waals surface area contributed by atoms with E-state index >= 15 is 0 Å². The maximum absolute atomic E-state index is 11.0. The molecule has 0 radical (unpaired) electrons. The molecule has 0 aromatic heterocycles. The average molecular weight is 371 g/mol. The number of aliphatic imine (C=N–C) groups is 1. The molecule has 0 atom stereocenters. The van der Waals surface area contributed by atoms with Crippen molar-refractivity contribution in [3.63, 3.8) is 0 Å². The number of phenols is 1. The zero-order chi connectivity index (χ0) is 16.4. The van der Waals surface area contributed by atoms with Gasteiger partial charge in [-0.25, -0.2) is 0 Å².